The molecule has 1 amide bonds. The zero-order valence-corrected chi connectivity index (χ0v) is 11.1. The van der Waals surface area contributed by atoms with Crippen LogP contribution in [0.3, 0.4) is 0 Å². The Bertz CT molecular complexity index is 398. The Kier molecular flexibility index (Phi) is 4.49. The summed E-state index contributed by atoms with van der Waals surface area (Å²) in [6.07, 6.45) is 0. The molecule has 1 aromatic rings. The number of carbonyl (C=O) groups is 1. The molecule has 0 unspecified atom stereocenters. The Morgan fingerprint density at radius 1 is 1.31 bits per heavy atom. The van der Waals surface area contributed by atoms with Crippen LogP contribution in [-0.4, -0.2) is 30.7 Å². The summed E-state index contributed by atoms with van der Waals surface area (Å²) in [5.74, 6) is 0.527. The van der Waals surface area contributed by atoms with Crippen molar-refractivity contribution in [1.82, 2.24) is 10.3 Å². The molecule has 4 nitrogen and oxygen atoms in total. The van der Waals surface area contributed by atoms with Gasteiger partial charge in [0, 0.05) is 24.1 Å². The Morgan fingerprint density at radius 2 is 1.88 bits per heavy atom. The van der Waals surface area contributed by atoms with Crippen LogP contribution in [0.2, 0.25) is 0 Å². The van der Waals surface area contributed by atoms with E-state index in [0.717, 1.165) is 10.3 Å². The number of nitrogens with zero attached hydrogens (tertiary/aromatic N) is 2. The normalized spacial score (nSPS) is 11.1. The number of halogens is 1. The second kappa shape index (κ2) is 5.65. The molecule has 1 rings (SSSR count). The van der Waals surface area contributed by atoms with E-state index in [9.17, 15) is 4.79 Å². The van der Waals surface area contributed by atoms with Crippen molar-refractivity contribution in [2.45, 2.75) is 6.92 Å². The molecule has 86 valence electrons. The molecule has 0 saturated carbocycles. The fourth-order valence-electron chi connectivity index (χ4n) is 0.897. The first-order valence-corrected chi connectivity index (χ1v) is 5.57. The van der Waals surface area contributed by atoms with Gasteiger partial charge in [0.05, 0.1) is 0 Å². The maximum atomic E-state index is 11.6. The Balaban J connectivity index is 2.66. The third kappa shape index (κ3) is 3.66. The van der Waals surface area contributed by atoms with Gasteiger partial charge >= 0.3 is 0 Å². The van der Waals surface area contributed by atoms with Crippen molar-refractivity contribution in [3.05, 3.63) is 34.3 Å². The lowest BCUT2D eigenvalue weighted by Crippen LogP contribution is -2.25. The molecule has 0 heterocycles. The van der Waals surface area contributed by atoms with Gasteiger partial charge in [-0.15, -0.1) is 0 Å². The summed E-state index contributed by atoms with van der Waals surface area (Å²) in [5, 5.41) is 3.95. The number of nitrogens with one attached hydrogen (secondary N) is 1. The molecule has 0 fully saturated rings. The van der Waals surface area contributed by atoms with E-state index in [1.807, 2.05) is 38.1 Å². The molecular weight excluding hydrogens is 270 g/mol. The molecule has 0 aliphatic heterocycles. The van der Waals surface area contributed by atoms with Crippen molar-refractivity contribution < 1.29 is 4.79 Å². The zero-order valence-electron chi connectivity index (χ0n) is 9.49. The molecule has 0 spiro atoms. The summed E-state index contributed by atoms with van der Waals surface area (Å²) in [5.41, 5.74) is 3.07. The average Bonchev–Trinajstić information content (AvgIpc) is 2.26. The van der Waals surface area contributed by atoms with Gasteiger partial charge in [-0.3, -0.25) is 4.79 Å². The van der Waals surface area contributed by atoms with Crippen molar-refractivity contribution >= 4 is 27.7 Å². The van der Waals surface area contributed by atoms with Crippen LogP contribution < -0.4 is 5.43 Å². The molecule has 1 aromatic carbocycles. The fourth-order valence-corrected chi connectivity index (χ4v) is 1.16. The number of carbonyl (C=O) groups excluding carboxylic acids is 1. The van der Waals surface area contributed by atoms with E-state index in [1.165, 1.54) is 0 Å². The first-order chi connectivity index (χ1) is 7.50. The van der Waals surface area contributed by atoms with Crippen LogP contribution in [0.4, 0.5) is 0 Å². The van der Waals surface area contributed by atoms with Gasteiger partial charge in [0.15, 0.2) is 0 Å². The number of benzene rings is 1. The summed E-state index contributed by atoms with van der Waals surface area (Å²) in [7, 11) is 3.73. The van der Waals surface area contributed by atoms with Gasteiger partial charge in [0.1, 0.15) is 5.84 Å². The fraction of sp³-hybridized carbons (Fsp3) is 0.273. The SMILES string of the molecule is CC(=NNC(=O)c1ccc(Br)cc1)N(C)C. The second-order valence-corrected chi connectivity index (χ2v) is 4.42. The van der Waals surface area contributed by atoms with E-state index in [1.54, 1.807) is 12.1 Å². The molecule has 0 aromatic heterocycles. The van der Waals surface area contributed by atoms with E-state index >= 15 is 0 Å². The van der Waals surface area contributed by atoms with Crippen LogP contribution >= 0.6 is 15.9 Å². The van der Waals surface area contributed by atoms with Crippen LogP contribution in [0.25, 0.3) is 0 Å². The van der Waals surface area contributed by atoms with Gasteiger partial charge in [-0.2, -0.15) is 5.10 Å². The molecule has 5 heteroatoms. The molecular formula is C11H14BrN3O. The molecule has 1 N–H and O–H groups in total. The number of amides is 1. The highest BCUT2D eigenvalue weighted by molar-refractivity contribution is 9.10. The van der Waals surface area contributed by atoms with E-state index in [0.29, 0.717) is 5.56 Å². The minimum atomic E-state index is -0.214. The Labute approximate surface area is 103 Å². The van der Waals surface area contributed by atoms with Gasteiger partial charge in [-0.1, -0.05) is 15.9 Å². The van der Waals surface area contributed by atoms with Crippen LogP contribution in [0.1, 0.15) is 17.3 Å². The summed E-state index contributed by atoms with van der Waals surface area (Å²) >= 11 is 3.31. The number of hydrogen-bond donors (Lipinski definition) is 1. The van der Waals surface area contributed by atoms with Gasteiger partial charge in [-0.05, 0) is 31.2 Å². The van der Waals surface area contributed by atoms with E-state index < -0.39 is 0 Å². The van der Waals surface area contributed by atoms with Crippen molar-refractivity contribution in [3.63, 3.8) is 0 Å². The van der Waals surface area contributed by atoms with Crippen LogP contribution in [-0.2, 0) is 0 Å². The predicted octanol–water partition coefficient (Wildman–Crippen LogP) is 2.07. The molecule has 0 radical (unpaired) electrons. The van der Waals surface area contributed by atoms with Gasteiger partial charge in [0.2, 0.25) is 0 Å². The predicted molar refractivity (Wildman–Crippen MR) is 68.4 cm³/mol. The average molecular weight is 284 g/mol. The van der Waals surface area contributed by atoms with Gasteiger partial charge in [0.25, 0.3) is 5.91 Å². The van der Waals surface area contributed by atoms with Crippen LogP contribution in [0.15, 0.2) is 33.8 Å². The third-order valence-corrected chi connectivity index (χ3v) is 2.60. The monoisotopic (exact) mass is 283 g/mol. The highest BCUT2D eigenvalue weighted by Gasteiger charge is 2.03. The number of hydrogen-bond acceptors (Lipinski definition) is 2. The van der Waals surface area contributed by atoms with Gasteiger partial charge in [-0.25, -0.2) is 5.43 Å². The zero-order chi connectivity index (χ0) is 12.1. The lowest BCUT2D eigenvalue weighted by atomic mass is 10.2. The smallest absolute Gasteiger partial charge is 0.271 e. The van der Waals surface area contributed by atoms with Crippen molar-refractivity contribution in [2.75, 3.05) is 14.1 Å². The molecule has 0 saturated heterocycles. The maximum Gasteiger partial charge on any atom is 0.271 e. The first-order valence-electron chi connectivity index (χ1n) is 4.78. The lowest BCUT2D eigenvalue weighted by Gasteiger charge is -2.10. The highest BCUT2D eigenvalue weighted by atomic mass is 79.9. The molecule has 0 bridgehead atoms. The summed E-state index contributed by atoms with van der Waals surface area (Å²) in [6.45, 7) is 1.82. The largest absolute Gasteiger partial charge is 0.365 e. The van der Waals surface area contributed by atoms with Crippen LogP contribution in [0.5, 0.6) is 0 Å². The molecule has 0 atom stereocenters. The lowest BCUT2D eigenvalue weighted by molar-refractivity contribution is 0.0954. The van der Waals surface area contributed by atoms with Crippen LogP contribution in [0, 0.1) is 0 Å². The number of rotatable bonds is 2. The number of hydrazone groups is 1. The number of amidine groups is 1. The van der Waals surface area contributed by atoms with Crippen molar-refractivity contribution in [1.29, 1.82) is 0 Å². The summed E-state index contributed by atoms with van der Waals surface area (Å²) in [6, 6.07) is 7.11. The Hall–Kier alpha value is -1.36. The molecule has 0 aliphatic rings. The van der Waals surface area contributed by atoms with E-state index in [-0.39, 0.29) is 5.91 Å². The van der Waals surface area contributed by atoms with Gasteiger partial charge < -0.3 is 4.90 Å². The molecule has 16 heavy (non-hydrogen) atoms. The topological polar surface area (TPSA) is 44.7 Å². The summed E-state index contributed by atoms with van der Waals surface area (Å²) < 4.78 is 0.942. The minimum Gasteiger partial charge on any atom is -0.365 e. The van der Waals surface area contributed by atoms with E-state index in [2.05, 4.69) is 26.5 Å². The minimum absolute atomic E-state index is 0.214. The maximum absolute atomic E-state index is 11.6. The van der Waals surface area contributed by atoms with Crippen molar-refractivity contribution in [2.24, 2.45) is 5.10 Å². The first kappa shape index (κ1) is 12.7. The van der Waals surface area contributed by atoms with E-state index in [4.69, 9.17) is 0 Å². The second-order valence-electron chi connectivity index (χ2n) is 3.50. The molecule has 0 aliphatic carbocycles. The summed E-state index contributed by atoms with van der Waals surface area (Å²) in [4.78, 5) is 13.5. The quantitative estimate of drug-likeness (QED) is 0.513. The highest BCUT2D eigenvalue weighted by Crippen LogP contribution is 2.10. The standard InChI is InChI=1S/C11H14BrN3O/c1-8(15(2)3)13-14-11(16)9-4-6-10(12)7-5-9/h4-7H,1-3H3,(H,14,16). The van der Waals surface area contributed by atoms with Crippen molar-refractivity contribution in [3.8, 4) is 0 Å². The third-order valence-electron chi connectivity index (χ3n) is 2.07. The Morgan fingerprint density at radius 3 is 2.38 bits per heavy atom.